The lowest BCUT2D eigenvalue weighted by Crippen LogP contribution is -2.29. The third-order valence-corrected chi connectivity index (χ3v) is 4.89. The summed E-state index contributed by atoms with van der Waals surface area (Å²) in [5.41, 5.74) is 4.24. The molecule has 0 bridgehead atoms. The van der Waals surface area contributed by atoms with Gasteiger partial charge < -0.3 is 9.30 Å². The molecule has 132 valence electrons. The summed E-state index contributed by atoms with van der Waals surface area (Å²) in [6.45, 7) is 8.63. The molecule has 0 spiro atoms. The van der Waals surface area contributed by atoms with Crippen LogP contribution in [0.4, 0.5) is 0 Å². The highest BCUT2D eigenvalue weighted by atomic mass is 35.5. The lowest BCUT2D eigenvalue weighted by molar-refractivity contribution is 0.164. The van der Waals surface area contributed by atoms with Gasteiger partial charge in [-0.1, -0.05) is 30.7 Å². The Labute approximate surface area is 151 Å². The van der Waals surface area contributed by atoms with Gasteiger partial charge in [-0.2, -0.15) is 0 Å². The zero-order valence-corrected chi connectivity index (χ0v) is 15.5. The zero-order chi connectivity index (χ0) is 16.1. The summed E-state index contributed by atoms with van der Waals surface area (Å²) in [5, 5.41) is 1.40. The van der Waals surface area contributed by atoms with Crippen LogP contribution in [0, 0.1) is 0 Å². The van der Waals surface area contributed by atoms with Crippen molar-refractivity contribution >= 4 is 23.3 Å². The lowest BCUT2D eigenvalue weighted by atomic mass is 10.1. The molecule has 0 N–H and O–H groups in total. The molecule has 1 aromatic heterocycles. The molecular formula is C20H29ClN2O. The Balaban J connectivity index is 0.00000208. The first-order valence-electron chi connectivity index (χ1n) is 8.77. The predicted octanol–water partition coefficient (Wildman–Crippen LogP) is 4.33. The van der Waals surface area contributed by atoms with Crippen molar-refractivity contribution in [2.45, 2.75) is 32.2 Å². The summed E-state index contributed by atoms with van der Waals surface area (Å²) in [7, 11) is 2.19. The number of aromatic nitrogens is 1. The third kappa shape index (κ3) is 4.21. The van der Waals surface area contributed by atoms with Crippen LogP contribution in [-0.4, -0.2) is 35.8 Å². The first-order valence-corrected chi connectivity index (χ1v) is 8.77. The number of nitrogens with zero attached hydrogens (tertiary/aromatic N) is 2. The standard InChI is InChI=1S/C20H28N2O.ClH/c1-3-14-23-15-11-20-18(16-22-12-7-4-8-13-22)17-9-5-6-10-19(17)21(20)2;/h3,5-6,9-10H,1,4,7-8,11-16H2,2H3;1H. The van der Waals surface area contributed by atoms with E-state index < -0.39 is 0 Å². The van der Waals surface area contributed by atoms with E-state index >= 15 is 0 Å². The van der Waals surface area contributed by atoms with Gasteiger partial charge in [0.1, 0.15) is 0 Å². The topological polar surface area (TPSA) is 17.4 Å². The monoisotopic (exact) mass is 348 g/mol. The van der Waals surface area contributed by atoms with Gasteiger partial charge in [0.25, 0.3) is 0 Å². The van der Waals surface area contributed by atoms with Crippen LogP contribution in [0.2, 0.25) is 0 Å². The molecule has 3 rings (SSSR count). The van der Waals surface area contributed by atoms with Crippen molar-refractivity contribution in [2.24, 2.45) is 7.05 Å². The van der Waals surface area contributed by atoms with Crippen LogP contribution in [-0.2, 0) is 24.8 Å². The molecule has 3 nitrogen and oxygen atoms in total. The predicted molar refractivity (Wildman–Crippen MR) is 104 cm³/mol. The maximum Gasteiger partial charge on any atom is 0.0645 e. The molecule has 2 heterocycles. The second-order valence-electron chi connectivity index (χ2n) is 6.45. The maximum absolute atomic E-state index is 5.64. The van der Waals surface area contributed by atoms with Gasteiger partial charge in [-0.05, 0) is 37.6 Å². The minimum atomic E-state index is 0. The molecule has 1 saturated heterocycles. The van der Waals surface area contributed by atoms with Gasteiger partial charge in [-0.25, -0.2) is 0 Å². The van der Waals surface area contributed by atoms with Gasteiger partial charge in [0.05, 0.1) is 13.2 Å². The number of ether oxygens (including phenoxy) is 1. The summed E-state index contributed by atoms with van der Waals surface area (Å²) in [5.74, 6) is 0. The fourth-order valence-corrected chi connectivity index (χ4v) is 3.70. The van der Waals surface area contributed by atoms with E-state index in [2.05, 4.69) is 47.4 Å². The molecule has 0 radical (unpaired) electrons. The van der Waals surface area contributed by atoms with Crippen LogP contribution in [0.3, 0.4) is 0 Å². The van der Waals surface area contributed by atoms with E-state index in [9.17, 15) is 0 Å². The number of aryl methyl sites for hydroxylation is 1. The van der Waals surface area contributed by atoms with Crippen molar-refractivity contribution in [3.8, 4) is 0 Å². The normalized spacial score (nSPS) is 15.4. The minimum Gasteiger partial charge on any atom is -0.377 e. The summed E-state index contributed by atoms with van der Waals surface area (Å²) in [4.78, 5) is 2.61. The number of fused-ring (bicyclic) bond motifs is 1. The average molecular weight is 349 g/mol. The fraction of sp³-hybridized carbons (Fsp3) is 0.500. The number of hydrogen-bond donors (Lipinski definition) is 0. The van der Waals surface area contributed by atoms with Crippen LogP contribution in [0.5, 0.6) is 0 Å². The first kappa shape index (κ1) is 19.0. The Morgan fingerprint density at radius 1 is 1.17 bits per heavy atom. The Bertz CT molecular complexity index is 659. The van der Waals surface area contributed by atoms with Gasteiger partial charge in [-0.15, -0.1) is 19.0 Å². The van der Waals surface area contributed by atoms with Gasteiger partial charge >= 0.3 is 0 Å². The quantitative estimate of drug-likeness (QED) is 0.547. The SMILES string of the molecule is C=CCOCCc1c(CN2CCCCC2)c2ccccc2n1C.Cl. The van der Waals surface area contributed by atoms with Gasteiger partial charge in [-0.3, -0.25) is 4.90 Å². The zero-order valence-electron chi connectivity index (χ0n) is 14.7. The number of para-hydroxylation sites is 1. The Morgan fingerprint density at radius 2 is 1.92 bits per heavy atom. The number of benzene rings is 1. The summed E-state index contributed by atoms with van der Waals surface area (Å²) in [6, 6.07) is 8.77. The van der Waals surface area contributed by atoms with Crippen molar-refractivity contribution < 1.29 is 4.74 Å². The van der Waals surface area contributed by atoms with E-state index in [1.165, 1.54) is 54.5 Å². The van der Waals surface area contributed by atoms with Gasteiger partial charge in [0.15, 0.2) is 0 Å². The molecule has 0 saturated carbocycles. The van der Waals surface area contributed by atoms with E-state index in [1.807, 2.05) is 6.08 Å². The highest BCUT2D eigenvalue weighted by Crippen LogP contribution is 2.28. The van der Waals surface area contributed by atoms with Gasteiger partial charge in [0.2, 0.25) is 0 Å². The van der Waals surface area contributed by atoms with Crippen LogP contribution in [0.15, 0.2) is 36.9 Å². The molecule has 0 atom stereocenters. The molecule has 4 heteroatoms. The fourth-order valence-electron chi connectivity index (χ4n) is 3.70. The third-order valence-electron chi connectivity index (χ3n) is 4.89. The van der Waals surface area contributed by atoms with Crippen LogP contribution >= 0.6 is 12.4 Å². The molecule has 24 heavy (non-hydrogen) atoms. The molecule has 2 aromatic rings. The van der Waals surface area contributed by atoms with Crippen molar-refractivity contribution in [3.05, 3.63) is 48.2 Å². The van der Waals surface area contributed by atoms with E-state index in [0.717, 1.165) is 19.6 Å². The molecule has 0 aliphatic carbocycles. The van der Waals surface area contributed by atoms with Crippen molar-refractivity contribution in [3.63, 3.8) is 0 Å². The lowest BCUT2D eigenvalue weighted by Gasteiger charge is -2.26. The number of piperidine rings is 1. The van der Waals surface area contributed by atoms with E-state index in [1.54, 1.807) is 0 Å². The number of hydrogen-bond acceptors (Lipinski definition) is 2. The maximum atomic E-state index is 5.64. The molecule has 1 fully saturated rings. The highest BCUT2D eigenvalue weighted by Gasteiger charge is 2.18. The molecular weight excluding hydrogens is 320 g/mol. The second kappa shape index (κ2) is 9.26. The number of halogens is 1. The average Bonchev–Trinajstić information content (AvgIpc) is 2.85. The highest BCUT2D eigenvalue weighted by molar-refractivity contribution is 5.86. The number of likely N-dealkylation sites (tertiary alicyclic amines) is 1. The number of rotatable bonds is 7. The van der Waals surface area contributed by atoms with Crippen LogP contribution < -0.4 is 0 Å². The van der Waals surface area contributed by atoms with Crippen molar-refractivity contribution in [2.75, 3.05) is 26.3 Å². The molecule has 0 unspecified atom stereocenters. The molecule has 0 amide bonds. The summed E-state index contributed by atoms with van der Waals surface area (Å²) >= 11 is 0. The van der Waals surface area contributed by atoms with E-state index in [0.29, 0.717) is 6.61 Å². The Hall–Kier alpha value is -1.29. The van der Waals surface area contributed by atoms with E-state index in [-0.39, 0.29) is 12.4 Å². The van der Waals surface area contributed by atoms with E-state index in [4.69, 9.17) is 4.74 Å². The smallest absolute Gasteiger partial charge is 0.0645 e. The molecule has 1 aliphatic rings. The largest absolute Gasteiger partial charge is 0.377 e. The Morgan fingerprint density at radius 3 is 2.67 bits per heavy atom. The Kier molecular flexibility index (Phi) is 7.35. The van der Waals surface area contributed by atoms with Crippen molar-refractivity contribution in [1.29, 1.82) is 0 Å². The summed E-state index contributed by atoms with van der Waals surface area (Å²) in [6.07, 6.45) is 6.83. The van der Waals surface area contributed by atoms with Gasteiger partial charge in [0, 0.05) is 36.6 Å². The summed E-state index contributed by atoms with van der Waals surface area (Å²) < 4.78 is 7.99. The molecule has 1 aromatic carbocycles. The minimum absolute atomic E-state index is 0. The molecule has 1 aliphatic heterocycles. The first-order chi connectivity index (χ1) is 11.3. The van der Waals surface area contributed by atoms with Crippen LogP contribution in [0.1, 0.15) is 30.5 Å². The van der Waals surface area contributed by atoms with Crippen molar-refractivity contribution in [1.82, 2.24) is 9.47 Å². The van der Waals surface area contributed by atoms with Crippen LogP contribution in [0.25, 0.3) is 10.9 Å². The second-order valence-corrected chi connectivity index (χ2v) is 6.45.